The van der Waals surface area contributed by atoms with E-state index < -0.39 is 0 Å². The molecule has 1 aliphatic carbocycles. The van der Waals surface area contributed by atoms with Crippen LogP contribution >= 0.6 is 0 Å². The van der Waals surface area contributed by atoms with Gasteiger partial charge in [0.05, 0.1) is 6.04 Å². The number of ketones is 1. The molecule has 0 N–H and O–H groups in total. The summed E-state index contributed by atoms with van der Waals surface area (Å²) in [6.45, 7) is 8.40. The molecule has 17 heavy (non-hydrogen) atoms. The van der Waals surface area contributed by atoms with Crippen molar-refractivity contribution >= 4 is 5.78 Å². The fourth-order valence-corrected chi connectivity index (χ4v) is 2.79. The molecule has 1 fully saturated rings. The Hall–Kier alpha value is -0.370. The number of nitrogens with zero attached hydrogens (tertiary/aromatic N) is 1. The largest absolute Gasteiger partial charge is 0.298 e. The van der Waals surface area contributed by atoms with E-state index in [4.69, 9.17) is 0 Å². The molecule has 1 atom stereocenters. The van der Waals surface area contributed by atoms with Gasteiger partial charge in [0.15, 0.2) is 5.78 Å². The van der Waals surface area contributed by atoms with E-state index in [-0.39, 0.29) is 12.0 Å². The molecule has 100 valence electrons. The molecule has 0 amide bonds. The van der Waals surface area contributed by atoms with Crippen LogP contribution in [0.5, 0.6) is 0 Å². The van der Waals surface area contributed by atoms with Crippen molar-refractivity contribution in [3.05, 3.63) is 0 Å². The molecule has 0 saturated heterocycles. The number of carbonyl (C=O) groups is 1. The SMILES string of the molecule is CC(C)C(=O)C(CC1CCCC1)N(C)C(C)C. The van der Waals surface area contributed by atoms with E-state index in [1.165, 1.54) is 25.7 Å². The van der Waals surface area contributed by atoms with Gasteiger partial charge in [-0.2, -0.15) is 0 Å². The molecule has 1 unspecified atom stereocenters. The number of hydrogen-bond acceptors (Lipinski definition) is 2. The van der Waals surface area contributed by atoms with Crippen LogP contribution in [0.4, 0.5) is 0 Å². The second-order valence-corrected chi connectivity index (χ2v) is 6.22. The Balaban J connectivity index is 2.67. The normalized spacial score (nSPS) is 19.5. The first kappa shape index (κ1) is 14.7. The van der Waals surface area contributed by atoms with Crippen molar-refractivity contribution in [2.45, 2.75) is 71.9 Å². The predicted molar refractivity (Wildman–Crippen MR) is 73.1 cm³/mol. The molecule has 2 heteroatoms. The zero-order chi connectivity index (χ0) is 13.0. The third-order valence-corrected chi connectivity index (χ3v) is 4.23. The summed E-state index contributed by atoms with van der Waals surface area (Å²) in [5.41, 5.74) is 0. The van der Waals surface area contributed by atoms with Gasteiger partial charge in [-0.15, -0.1) is 0 Å². The van der Waals surface area contributed by atoms with Crippen LogP contribution in [0.3, 0.4) is 0 Å². The zero-order valence-electron chi connectivity index (χ0n) is 12.2. The van der Waals surface area contributed by atoms with Crippen molar-refractivity contribution < 1.29 is 4.79 Å². The summed E-state index contributed by atoms with van der Waals surface area (Å²) >= 11 is 0. The fourth-order valence-electron chi connectivity index (χ4n) is 2.79. The molecule has 1 rings (SSSR count). The van der Waals surface area contributed by atoms with Crippen molar-refractivity contribution in [2.75, 3.05) is 7.05 Å². The summed E-state index contributed by atoms with van der Waals surface area (Å²) in [6, 6.07) is 0.585. The van der Waals surface area contributed by atoms with Gasteiger partial charge in [-0.1, -0.05) is 39.5 Å². The quantitative estimate of drug-likeness (QED) is 0.707. The highest BCUT2D eigenvalue weighted by Crippen LogP contribution is 2.30. The van der Waals surface area contributed by atoms with E-state index in [1.807, 2.05) is 13.8 Å². The number of hydrogen-bond donors (Lipinski definition) is 0. The van der Waals surface area contributed by atoms with Gasteiger partial charge in [-0.05, 0) is 33.2 Å². The van der Waals surface area contributed by atoms with Gasteiger partial charge >= 0.3 is 0 Å². The Morgan fingerprint density at radius 3 is 2.12 bits per heavy atom. The topological polar surface area (TPSA) is 20.3 Å². The second-order valence-electron chi connectivity index (χ2n) is 6.22. The molecule has 0 bridgehead atoms. The van der Waals surface area contributed by atoms with E-state index in [9.17, 15) is 4.79 Å². The standard InChI is InChI=1S/C15H29NO/c1-11(2)15(17)14(16(5)12(3)4)10-13-8-6-7-9-13/h11-14H,6-10H2,1-5H3. The first-order valence-corrected chi connectivity index (χ1v) is 7.19. The highest BCUT2D eigenvalue weighted by atomic mass is 16.1. The average Bonchev–Trinajstić information content (AvgIpc) is 2.76. The minimum absolute atomic E-state index is 0.137. The Morgan fingerprint density at radius 2 is 1.71 bits per heavy atom. The van der Waals surface area contributed by atoms with Crippen molar-refractivity contribution in [2.24, 2.45) is 11.8 Å². The summed E-state index contributed by atoms with van der Waals surface area (Å²) in [5.74, 6) is 1.36. The van der Waals surface area contributed by atoms with Gasteiger partial charge in [0.1, 0.15) is 0 Å². The first-order valence-electron chi connectivity index (χ1n) is 7.19. The molecule has 2 nitrogen and oxygen atoms in total. The lowest BCUT2D eigenvalue weighted by molar-refractivity contribution is -0.128. The van der Waals surface area contributed by atoms with Crippen LogP contribution < -0.4 is 0 Å². The third-order valence-electron chi connectivity index (χ3n) is 4.23. The van der Waals surface area contributed by atoms with E-state index in [2.05, 4.69) is 25.8 Å². The van der Waals surface area contributed by atoms with Crippen molar-refractivity contribution in [3.8, 4) is 0 Å². The molecule has 0 heterocycles. The summed E-state index contributed by atoms with van der Waals surface area (Å²) in [6.07, 6.45) is 6.45. The zero-order valence-corrected chi connectivity index (χ0v) is 12.2. The van der Waals surface area contributed by atoms with Crippen LogP contribution in [0.1, 0.15) is 59.8 Å². The molecular formula is C15H29NO. The summed E-state index contributed by atoms with van der Waals surface area (Å²) in [7, 11) is 2.10. The van der Waals surface area contributed by atoms with Gasteiger partial charge in [0.25, 0.3) is 0 Å². The maximum atomic E-state index is 12.3. The van der Waals surface area contributed by atoms with Crippen molar-refractivity contribution in [1.29, 1.82) is 0 Å². The highest BCUT2D eigenvalue weighted by Gasteiger charge is 2.30. The number of Topliss-reactive ketones (excluding diaryl/α,β-unsaturated/α-hetero) is 1. The minimum Gasteiger partial charge on any atom is -0.298 e. The first-order chi connectivity index (χ1) is 7.93. The highest BCUT2D eigenvalue weighted by molar-refractivity contribution is 5.85. The van der Waals surface area contributed by atoms with Crippen LogP contribution in [0.2, 0.25) is 0 Å². The maximum Gasteiger partial charge on any atom is 0.152 e. The summed E-state index contributed by atoms with van der Waals surface area (Å²) in [4.78, 5) is 14.6. The minimum atomic E-state index is 0.137. The Bertz CT molecular complexity index is 241. The molecule has 0 aromatic carbocycles. The molecule has 1 aliphatic rings. The smallest absolute Gasteiger partial charge is 0.152 e. The van der Waals surface area contributed by atoms with Crippen LogP contribution in [-0.4, -0.2) is 29.8 Å². The summed E-state index contributed by atoms with van der Waals surface area (Å²) < 4.78 is 0. The van der Waals surface area contributed by atoms with Crippen LogP contribution in [0.15, 0.2) is 0 Å². The van der Waals surface area contributed by atoms with Crippen LogP contribution in [-0.2, 0) is 4.79 Å². The second kappa shape index (κ2) is 6.53. The van der Waals surface area contributed by atoms with E-state index in [0.717, 1.165) is 12.3 Å². The Kier molecular flexibility index (Phi) is 5.64. The Labute approximate surface area is 107 Å². The molecule has 0 spiro atoms. The molecule has 0 radical (unpaired) electrons. The van der Waals surface area contributed by atoms with Gasteiger partial charge in [0, 0.05) is 12.0 Å². The van der Waals surface area contributed by atoms with Crippen molar-refractivity contribution in [3.63, 3.8) is 0 Å². The van der Waals surface area contributed by atoms with Gasteiger partial charge in [0.2, 0.25) is 0 Å². The number of rotatable bonds is 6. The fraction of sp³-hybridized carbons (Fsp3) is 0.933. The number of likely N-dealkylation sites (N-methyl/N-ethyl adjacent to an activating group) is 1. The molecule has 0 aromatic rings. The summed E-state index contributed by atoms with van der Waals surface area (Å²) in [5, 5.41) is 0. The van der Waals surface area contributed by atoms with Crippen LogP contribution in [0, 0.1) is 11.8 Å². The van der Waals surface area contributed by atoms with Gasteiger partial charge in [-0.3, -0.25) is 9.69 Å². The van der Waals surface area contributed by atoms with Gasteiger partial charge in [-0.25, -0.2) is 0 Å². The van der Waals surface area contributed by atoms with Crippen molar-refractivity contribution in [1.82, 2.24) is 4.90 Å². The Morgan fingerprint density at radius 1 is 1.18 bits per heavy atom. The lowest BCUT2D eigenvalue weighted by atomic mass is 9.90. The van der Waals surface area contributed by atoms with E-state index in [0.29, 0.717) is 11.8 Å². The molecule has 0 aliphatic heterocycles. The lowest BCUT2D eigenvalue weighted by Crippen LogP contribution is -2.45. The predicted octanol–water partition coefficient (Wildman–Crippen LogP) is 3.50. The maximum absolute atomic E-state index is 12.3. The monoisotopic (exact) mass is 239 g/mol. The van der Waals surface area contributed by atoms with E-state index >= 15 is 0 Å². The third kappa shape index (κ3) is 4.09. The number of carbonyl (C=O) groups excluding carboxylic acids is 1. The van der Waals surface area contributed by atoms with Gasteiger partial charge < -0.3 is 0 Å². The average molecular weight is 239 g/mol. The molecular weight excluding hydrogens is 210 g/mol. The molecule has 1 saturated carbocycles. The lowest BCUT2D eigenvalue weighted by Gasteiger charge is -2.33. The molecule has 0 aromatic heterocycles. The van der Waals surface area contributed by atoms with E-state index in [1.54, 1.807) is 0 Å². The van der Waals surface area contributed by atoms with Crippen LogP contribution in [0.25, 0.3) is 0 Å².